The van der Waals surface area contributed by atoms with Gasteiger partial charge in [-0.25, -0.2) is 4.98 Å². The Balaban J connectivity index is 1.70. The quantitative estimate of drug-likeness (QED) is 0.746. The molecule has 3 heterocycles. The molecule has 0 spiro atoms. The second-order valence-electron chi connectivity index (χ2n) is 4.61. The van der Waals surface area contributed by atoms with Crippen molar-refractivity contribution in [2.75, 3.05) is 0 Å². The Bertz CT molecular complexity index is 847. The van der Waals surface area contributed by atoms with Crippen molar-refractivity contribution in [3.63, 3.8) is 0 Å². The van der Waals surface area contributed by atoms with E-state index in [1.807, 2.05) is 12.3 Å². The second-order valence-corrected chi connectivity index (χ2v) is 5.51. The maximum Gasteiger partial charge on any atom is 0.262 e. The van der Waals surface area contributed by atoms with E-state index in [2.05, 4.69) is 20.5 Å². The maximum atomic E-state index is 12.1. The van der Waals surface area contributed by atoms with E-state index in [-0.39, 0.29) is 18.0 Å². The van der Waals surface area contributed by atoms with Gasteiger partial charge in [-0.3, -0.25) is 19.3 Å². The third-order valence-corrected chi connectivity index (χ3v) is 4.00. The summed E-state index contributed by atoms with van der Waals surface area (Å²) in [7, 11) is 0. The Morgan fingerprint density at radius 3 is 3.14 bits per heavy atom. The number of thiophene rings is 1. The van der Waals surface area contributed by atoms with Gasteiger partial charge in [-0.2, -0.15) is 5.10 Å². The largest absolute Gasteiger partial charge is 0.350 e. The van der Waals surface area contributed by atoms with Crippen LogP contribution in [-0.2, 0) is 17.9 Å². The predicted molar refractivity (Wildman–Crippen MR) is 79.1 cm³/mol. The fraction of sp³-hybridized carbons (Fsp3) is 0.231. The molecule has 0 aromatic carbocycles. The topological polar surface area (TPSA) is 92.7 Å². The van der Waals surface area contributed by atoms with Gasteiger partial charge in [0.25, 0.3) is 5.56 Å². The van der Waals surface area contributed by atoms with E-state index in [9.17, 15) is 9.59 Å². The van der Waals surface area contributed by atoms with Crippen LogP contribution >= 0.6 is 11.3 Å². The lowest BCUT2D eigenvalue weighted by atomic mass is 10.2. The van der Waals surface area contributed by atoms with E-state index in [1.54, 1.807) is 12.3 Å². The van der Waals surface area contributed by atoms with E-state index in [1.165, 1.54) is 22.2 Å². The summed E-state index contributed by atoms with van der Waals surface area (Å²) in [6.45, 7) is 2.21. The highest BCUT2D eigenvalue weighted by Gasteiger charge is 2.09. The molecule has 21 heavy (non-hydrogen) atoms. The molecular weight excluding hydrogens is 290 g/mol. The van der Waals surface area contributed by atoms with Crippen molar-refractivity contribution in [2.24, 2.45) is 0 Å². The summed E-state index contributed by atoms with van der Waals surface area (Å²) in [6.07, 6.45) is 3.07. The maximum absolute atomic E-state index is 12.1. The van der Waals surface area contributed by atoms with Crippen molar-refractivity contribution in [3.05, 3.63) is 45.6 Å². The number of hydrogen-bond donors (Lipinski definition) is 2. The summed E-state index contributed by atoms with van der Waals surface area (Å²) in [5, 5.41) is 11.8. The number of rotatable bonds is 4. The van der Waals surface area contributed by atoms with E-state index >= 15 is 0 Å². The van der Waals surface area contributed by atoms with Gasteiger partial charge >= 0.3 is 0 Å². The molecule has 8 heteroatoms. The van der Waals surface area contributed by atoms with E-state index < -0.39 is 0 Å². The van der Waals surface area contributed by atoms with Crippen LogP contribution in [0.1, 0.15) is 11.3 Å². The number of H-pyrrole nitrogens is 1. The van der Waals surface area contributed by atoms with E-state index in [0.29, 0.717) is 16.8 Å². The lowest BCUT2D eigenvalue weighted by Crippen LogP contribution is -2.32. The predicted octanol–water partition coefficient (Wildman–Crippen LogP) is 0.806. The number of hydrogen-bond acceptors (Lipinski definition) is 5. The van der Waals surface area contributed by atoms with Crippen molar-refractivity contribution < 1.29 is 4.79 Å². The molecule has 0 saturated heterocycles. The van der Waals surface area contributed by atoms with Gasteiger partial charge in [-0.1, -0.05) is 0 Å². The molecule has 3 rings (SSSR count). The number of aromatic amines is 1. The van der Waals surface area contributed by atoms with Gasteiger partial charge in [0, 0.05) is 17.8 Å². The van der Waals surface area contributed by atoms with Gasteiger partial charge in [-0.05, 0) is 18.4 Å². The number of nitrogens with zero attached hydrogens (tertiary/aromatic N) is 3. The highest BCUT2D eigenvalue weighted by molar-refractivity contribution is 7.16. The van der Waals surface area contributed by atoms with Crippen LogP contribution in [0.4, 0.5) is 0 Å². The molecule has 3 aromatic heterocycles. The number of carbonyl (C=O) groups is 1. The molecule has 108 valence electrons. The molecule has 0 radical (unpaired) electrons. The van der Waals surface area contributed by atoms with Crippen molar-refractivity contribution >= 4 is 27.5 Å². The van der Waals surface area contributed by atoms with Crippen LogP contribution in [0.25, 0.3) is 10.2 Å². The minimum Gasteiger partial charge on any atom is -0.350 e. The molecule has 7 nitrogen and oxygen atoms in total. The van der Waals surface area contributed by atoms with Crippen LogP contribution in [0.15, 0.2) is 28.8 Å². The molecule has 0 saturated carbocycles. The highest BCUT2D eigenvalue weighted by Crippen LogP contribution is 2.13. The van der Waals surface area contributed by atoms with E-state index in [0.717, 1.165) is 11.3 Å². The third kappa shape index (κ3) is 2.70. The zero-order chi connectivity index (χ0) is 14.8. The first kappa shape index (κ1) is 13.5. The summed E-state index contributed by atoms with van der Waals surface area (Å²) in [6, 6.07) is 1.72. The molecule has 1 amide bonds. The molecule has 0 aliphatic rings. The standard InChI is InChI=1S/C13H13N5O2S/c1-8-9(5-16-17-8)4-14-11(19)6-18-7-15-12-10(13(18)20)2-3-21-12/h2-3,5,7H,4,6H2,1H3,(H,14,19)(H,16,17). The molecule has 0 atom stereocenters. The summed E-state index contributed by atoms with van der Waals surface area (Å²) < 4.78 is 1.31. The smallest absolute Gasteiger partial charge is 0.262 e. The van der Waals surface area contributed by atoms with Gasteiger partial charge in [0.2, 0.25) is 5.91 Å². The average Bonchev–Trinajstić information content (AvgIpc) is 3.09. The fourth-order valence-electron chi connectivity index (χ4n) is 1.96. The summed E-state index contributed by atoms with van der Waals surface area (Å²) in [5.41, 5.74) is 1.63. The van der Waals surface area contributed by atoms with Gasteiger partial charge in [0.1, 0.15) is 11.4 Å². The Morgan fingerprint density at radius 2 is 2.38 bits per heavy atom. The Labute approximate surface area is 123 Å². The molecule has 3 aromatic rings. The van der Waals surface area contributed by atoms with Crippen molar-refractivity contribution in [1.82, 2.24) is 25.1 Å². The normalized spacial score (nSPS) is 10.9. The molecule has 0 fully saturated rings. The number of fused-ring (bicyclic) bond motifs is 1. The lowest BCUT2D eigenvalue weighted by molar-refractivity contribution is -0.121. The third-order valence-electron chi connectivity index (χ3n) is 3.17. The molecule has 0 bridgehead atoms. The Morgan fingerprint density at radius 1 is 1.52 bits per heavy atom. The molecule has 0 unspecified atom stereocenters. The lowest BCUT2D eigenvalue weighted by Gasteiger charge is -2.06. The van der Waals surface area contributed by atoms with Crippen molar-refractivity contribution in [3.8, 4) is 0 Å². The number of nitrogens with one attached hydrogen (secondary N) is 2. The van der Waals surface area contributed by atoms with Crippen LogP contribution in [0, 0.1) is 6.92 Å². The van der Waals surface area contributed by atoms with Crippen LogP contribution in [0.2, 0.25) is 0 Å². The monoisotopic (exact) mass is 303 g/mol. The van der Waals surface area contributed by atoms with Crippen molar-refractivity contribution in [1.29, 1.82) is 0 Å². The zero-order valence-corrected chi connectivity index (χ0v) is 12.1. The molecule has 0 aliphatic heterocycles. The van der Waals surface area contributed by atoms with Gasteiger partial charge in [0.15, 0.2) is 0 Å². The first-order chi connectivity index (χ1) is 10.1. The average molecular weight is 303 g/mol. The first-order valence-corrected chi connectivity index (χ1v) is 7.21. The fourth-order valence-corrected chi connectivity index (χ4v) is 2.69. The van der Waals surface area contributed by atoms with E-state index in [4.69, 9.17) is 0 Å². The van der Waals surface area contributed by atoms with Crippen LogP contribution in [0.5, 0.6) is 0 Å². The van der Waals surface area contributed by atoms with Crippen LogP contribution in [0.3, 0.4) is 0 Å². The van der Waals surface area contributed by atoms with Crippen LogP contribution in [-0.4, -0.2) is 25.7 Å². The Hall–Kier alpha value is -2.48. The van der Waals surface area contributed by atoms with Gasteiger partial charge in [-0.15, -0.1) is 11.3 Å². The SMILES string of the molecule is Cc1[nH]ncc1CNC(=O)Cn1cnc2sccc2c1=O. The number of aromatic nitrogens is 4. The van der Waals surface area contributed by atoms with Crippen LogP contribution < -0.4 is 10.9 Å². The van der Waals surface area contributed by atoms with Gasteiger partial charge in [0.05, 0.1) is 17.9 Å². The number of carbonyl (C=O) groups excluding carboxylic acids is 1. The van der Waals surface area contributed by atoms with Gasteiger partial charge < -0.3 is 5.32 Å². The highest BCUT2D eigenvalue weighted by atomic mass is 32.1. The summed E-state index contributed by atoms with van der Waals surface area (Å²) in [4.78, 5) is 28.9. The minimum absolute atomic E-state index is 0.0471. The second kappa shape index (κ2) is 5.49. The zero-order valence-electron chi connectivity index (χ0n) is 11.3. The molecule has 0 aliphatic carbocycles. The summed E-state index contributed by atoms with van der Waals surface area (Å²) in [5.74, 6) is -0.242. The summed E-state index contributed by atoms with van der Waals surface area (Å²) >= 11 is 1.40. The van der Waals surface area contributed by atoms with Crippen molar-refractivity contribution in [2.45, 2.75) is 20.0 Å². The minimum atomic E-state index is -0.242. The Kier molecular flexibility index (Phi) is 3.53. The number of aryl methyl sites for hydroxylation is 1. The molecule has 2 N–H and O–H groups in total. The first-order valence-electron chi connectivity index (χ1n) is 6.33. The number of amides is 1. The molecular formula is C13H13N5O2S.